The van der Waals surface area contributed by atoms with Crippen LogP contribution in [0.15, 0.2) is 24.3 Å². The molecular formula is C10H12ClFO. The highest BCUT2D eigenvalue weighted by molar-refractivity contribution is 6.18. The Kier molecular flexibility index (Phi) is 4.03. The van der Waals surface area contributed by atoms with E-state index in [0.29, 0.717) is 24.2 Å². The second kappa shape index (κ2) is 5.07. The van der Waals surface area contributed by atoms with Gasteiger partial charge in [-0.25, -0.2) is 4.39 Å². The number of ether oxygens (including phenoxy) is 1. The minimum Gasteiger partial charge on any atom is -0.493 e. The zero-order chi connectivity index (χ0) is 9.68. The molecule has 0 bridgehead atoms. The van der Waals surface area contributed by atoms with Crippen LogP contribution < -0.4 is 4.74 Å². The van der Waals surface area contributed by atoms with Crippen LogP contribution in [0.3, 0.4) is 0 Å². The molecule has 3 heteroatoms. The number of hydrogen-bond donors (Lipinski definition) is 0. The van der Waals surface area contributed by atoms with Crippen LogP contribution in [0.25, 0.3) is 0 Å². The Hall–Kier alpha value is -0.760. The molecule has 0 fully saturated rings. The number of halogens is 2. The van der Waals surface area contributed by atoms with E-state index in [1.54, 1.807) is 12.1 Å². The molecule has 0 aliphatic rings. The summed E-state index contributed by atoms with van der Waals surface area (Å²) in [5.74, 6) is 1.31. The number of hydrogen-bond acceptors (Lipinski definition) is 1. The third-order valence-corrected chi connectivity index (χ3v) is 2.14. The van der Waals surface area contributed by atoms with Gasteiger partial charge in [-0.2, -0.15) is 0 Å². The highest BCUT2D eigenvalue weighted by atomic mass is 35.5. The van der Waals surface area contributed by atoms with E-state index in [4.69, 9.17) is 16.3 Å². The van der Waals surface area contributed by atoms with Crippen molar-refractivity contribution in [3.8, 4) is 5.75 Å². The molecule has 1 rings (SSSR count). The standard InChI is InChI=1S/C10H12ClFO/c1-8(6-11)7-13-10-4-2-9(12)3-5-10/h2-5,8H,6-7H2,1H3. The Bertz CT molecular complexity index is 248. The monoisotopic (exact) mass is 202 g/mol. The van der Waals surface area contributed by atoms with Gasteiger partial charge in [-0.3, -0.25) is 0 Å². The second-order valence-corrected chi connectivity index (χ2v) is 3.33. The van der Waals surface area contributed by atoms with Gasteiger partial charge in [0.2, 0.25) is 0 Å². The molecule has 0 saturated carbocycles. The zero-order valence-corrected chi connectivity index (χ0v) is 8.22. The minimum absolute atomic E-state index is 0.252. The lowest BCUT2D eigenvalue weighted by atomic mass is 10.2. The summed E-state index contributed by atoms with van der Waals surface area (Å²) in [6.07, 6.45) is 0. The maximum Gasteiger partial charge on any atom is 0.123 e. The van der Waals surface area contributed by atoms with Gasteiger partial charge in [0.05, 0.1) is 6.61 Å². The molecule has 72 valence electrons. The van der Waals surface area contributed by atoms with E-state index in [-0.39, 0.29) is 5.82 Å². The first kappa shape index (κ1) is 10.3. The molecule has 0 saturated heterocycles. The van der Waals surface area contributed by atoms with E-state index >= 15 is 0 Å². The number of benzene rings is 1. The van der Waals surface area contributed by atoms with E-state index in [9.17, 15) is 4.39 Å². The Morgan fingerprint density at radius 2 is 2.00 bits per heavy atom. The normalized spacial score (nSPS) is 12.5. The molecule has 1 atom stereocenters. The van der Waals surface area contributed by atoms with E-state index in [2.05, 4.69) is 0 Å². The fraction of sp³-hybridized carbons (Fsp3) is 0.400. The Morgan fingerprint density at radius 3 is 2.54 bits per heavy atom. The van der Waals surface area contributed by atoms with E-state index in [0.717, 1.165) is 0 Å². The van der Waals surface area contributed by atoms with Crippen molar-refractivity contribution in [3.05, 3.63) is 30.1 Å². The van der Waals surface area contributed by atoms with Gasteiger partial charge in [0.1, 0.15) is 11.6 Å². The molecule has 1 nitrogen and oxygen atoms in total. The lowest BCUT2D eigenvalue weighted by Crippen LogP contribution is -2.09. The maximum absolute atomic E-state index is 12.5. The van der Waals surface area contributed by atoms with Crippen molar-refractivity contribution in [1.82, 2.24) is 0 Å². The molecule has 0 aliphatic heterocycles. The van der Waals surface area contributed by atoms with Crippen LogP contribution in [-0.4, -0.2) is 12.5 Å². The van der Waals surface area contributed by atoms with Gasteiger partial charge in [0.25, 0.3) is 0 Å². The van der Waals surface area contributed by atoms with Crippen molar-refractivity contribution >= 4 is 11.6 Å². The van der Waals surface area contributed by atoms with Gasteiger partial charge in [-0.05, 0) is 24.3 Å². The van der Waals surface area contributed by atoms with Crippen molar-refractivity contribution in [3.63, 3.8) is 0 Å². The molecular weight excluding hydrogens is 191 g/mol. The van der Waals surface area contributed by atoms with E-state index in [1.807, 2.05) is 6.92 Å². The topological polar surface area (TPSA) is 9.23 Å². The van der Waals surface area contributed by atoms with Crippen molar-refractivity contribution in [2.24, 2.45) is 5.92 Å². The molecule has 0 aromatic heterocycles. The maximum atomic E-state index is 12.5. The first-order valence-corrected chi connectivity index (χ1v) is 4.70. The van der Waals surface area contributed by atoms with Crippen molar-refractivity contribution in [1.29, 1.82) is 0 Å². The molecule has 0 radical (unpaired) electrons. The van der Waals surface area contributed by atoms with E-state index in [1.165, 1.54) is 12.1 Å². The molecule has 1 aromatic rings. The van der Waals surface area contributed by atoms with Crippen LogP contribution in [0.2, 0.25) is 0 Å². The smallest absolute Gasteiger partial charge is 0.123 e. The second-order valence-electron chi connectivity index (χ2n) is 3.02. The van der Waals surface area contributed by atoms with Crippen LogP contribution in [0.4, 0.5) is 4.39 Å². The van der Waals surface area contributed by atoms with Crippen molar-refractivity contribution in [2.75, 3.05) is 12.5 Å². The molecule has 13 heavy (non-hydrogen) atoms. The van der Waals surface area contributed by atoms with Crippen LogP contribution >= 0.6 is 11.6 Å². The summed E-state index contributed by atoms with van der Waals surface area (Å²) >= 11 is 5.60. The first-order chi connectivity index (χ1) is 6.22. The fourth-order valence-corrected chi connectivity index (χ4v) is 0.903. The molecule has 1 aromatic carbocycles. The van der Waals surface area contributed by atoms with Crippen LogP contribution in [0.1, 0.15) is 6.92 Å². The number of rotatable bonds is 4. The van der Waals surface area contributed by atoms with Crippen LogP contribution in [-0.2, 0) is 0 Å². The zero-order valence-electron chi connectivity index (χ0n) is 7.47. The molecule has 0 amide bonds. The van der Waals surface area contributed by atoms with Gasteiger partial charge in [-0.15, -0.1) is 11.6 Å². The summed E-state index contributed by atoms with van der Waals surface area (Å²) in [5.41, 5.74) is 0. The number of alkyl halides is 1. The predicted octanol–water partition coefficient (Wildman–Crippen LogP) is 3.08. The Labute approximate surface area is 82.5 Å². The average molecular weight is 203 g/mol. The summed E-state index contributed by atoms with van der Waals surface area (Å²) in [4.78, 5) is 0. The quantitative estimate of drug-likeness (QED) is 0.682. The molecule has 0 spiro atoms. The summed E-state index contributed by atoms with van der Waals surface area (Å²) < 4.78 is 17.8. The lowest BCUT2D eigenvalue weighted by molar-refractivity contribution is 0.272. The molecule has 0 aliphatic carbocycles. The third-order valence-electron chi connectivity index (χ3n) is 1.61. The van der Waals surface area contributed by atoms with Gasteiger partial charge in [0, 0.05) is 11.8 Å². The summed E-state index contributed by atoms with van der Waals surface area (Å²) in [7, 11) is 0. The van der Waals surface area contributed by atoms with Gasteiger partial charge in [0.15, 0.2) is 0 Å². The fourth-order valence-electron chi connectivity index (χ4n) is 0.814. The lowest BCUT2D eigenvalue weighted by Gasteiger charge is -2.09. The minimum atomic E-state index is -0.252. The van der Waals surface area contributed by atoms with Crippen LogP contribution in [0, 0.1) is 11.7 Å². The van der Waals surface area contributed by atoms with E-state index < -0.39 is 0 Å². The largest absolute Gasteiger partial charge is 0.493 e. The molecule has 0 heterocycles. The van der Waals surface area contributed by atoms with Crippen LogP contribution in [0.5, 0.6) is 5.75 Å². The summed E-state index contributed by atoms with van der Waals surface area (Å²) in [5, 5.41) is 0. The summed E-state index contributed by atoms with van der Waals surface area (Å²) in [6.45, 7) is 2.56. The summed E-state index contributed by atoms with van der Waals surface area (Å²) in [6, 6.07) is 5.97. The van der Waals surface area contributed by atoms with Crippen molar-refractivity contribution in [2.45, 2.75) is 6.92 Å². The third kappa shape index (κ3) is 3.64. The van der Waals surface area contributed by atoms with Gasteiger partial charge < -0.3 is 4.74 Å². The Balaban J connectivity index is 2.41. The Morgan fingerprint density at radius 1 is 1.38 bits per heavy atom. The van der Waals surface area contributed by atoms with Gasteiger partial charge >= 0.3 is 0 Å². The average Bonchev–Trinajstić information content (AvgIpc) is 2.16. The SMILES string of the molecule is CC(CCl)COc1ccc(F)cc1. The molecule has 1 unspecified atom stereocenters. The highest BCUT2D eigenvalue weighted by Crippen LogP contribution is 2.12. The highest BCUT2D eigenvalue weighted by Gasteiger charge is 2.00. The van der Waals surface area contributed by atoms with Crippen molar-refractivity contribution < 1.29 is 9.13 Å². The molecule has 0 N–H and O–H groups in total. The first-order valence-electron chi connectivity index (χ1n) is 4.16. The predicted molar refractivity (Wildman–Crippen MR) is 51.8 cm³/mol. The van der Waals surface area contributed by atoms with Gasteiger partial charge in [-0.1, -0.05) is 6.92 Å².